The quantitative estimate of drug-likeness (QED) is 0.143. The Hall–Kier alpha value is -4.35. The number of ether oxygens (including phenoxy) is 1. The molecule has 5 rings (SSSR count). The number of rotatable bonds is 10. The fourth-order valence-electron chi connectivity index (χ4n) is 5.39. The number of nitrogens with two attached hydrogens (primary N) is 1. The van der Waals surface area contributed by atoms with E-state index in [0.717, 1.165) is 42.9 Å². The van der Waals surface area contributed by atoms with Crippen LogP contribution in [0.5, 0.6) is 5.75 Å². The van der Waals surface area contributed by atoms with Gasteiger partial charge >= 0.3 is 5.97 Å². The maximum Gasteiger partial charge on any atom is 0.363 e. The van der Waals surface area contributed by atoms with Gasteiger partial charge in [0.2, 0.25) is 5.96 Å². The molecule has 1 saturated heterocycles. The summed E-state index contributed by atoms with van der Waals surface area (Å²) in [6.45, 7) is 2.71. The van der Waals surface area contributed by atoms with E-state index in [1.165, 1.54) is 25.7 Å². The SMILES string of the molecule is COc1ccc(S(=O)(=O)CCCN2CCCCC2)cc1C(c1cc2ccccc2o1)N(OC(=O)c1ccccc1)C(=N)N. The lowest BCUT2D eigenvalue weighted by Gasteiger charge is -2.30. The molecule has 1 aromatic heterocycles. The summed E-state index contributed by atoms with van der Waals surface area (Å²) in [7, 11) is -2.23. The molecule has 1 aliphatic rings. The minimum atomic E-state index is -3.68. The summed E-state index contributed by atoms with van der Waals surface area (Å²) < 4.78 is 38.9. The molecule has 0 radical (unpaired) electrons. The van der Waals surface area contributed by atoms with E-state index in [1.807, 2.05) is 18.2 Å². The van der Waals surface area contributed by atoms with Crippen LogP contribution in [-0.4, -0.2) is 62.8 Å². The van der Waals surface area contributed by atoms with Crippen molar-refractivity contribution >= 4 is 32.7 Å². The number of fused-ring (bicyclic) bond motifs is 1. The van der Waals surface area contributed by atoms with Gasteiger partial charge in [-0.1, -0.05) is 42.8 Å². The van der Waals surface area contributed by atoms with Gasteiger partial charge in [-0.3, -0.25) is 5.41 Å². The lowest BCUT2D eigenvalue weighted by Crippen LogP contribution is -2.41. The highest BCUT2D eigenvalue weighted by Crippen LogP contribution is 2.39. The number of carbonyl (C=O) groups is 1. The molecule has 11 heteroatoms. The number of nitrogens with zero attached hydrogens (tertiary/aromatic N) is 2. The third-order valence-corrected chi connectivity index (χ3v) is 9.37. The van der Waals surface area contributed by atoms with Crippen LogP contribution in [0.3, 0.4) is 0 Å². The monoisotopic (exact) mass is 604 g/mol. The molecular formula is C32H36N4O6S. The molecule has 4 aromatic rings. The first-order valence-corrected chi connectivity index (χ1v) is 15.9. The summed E-state index contributed by atoms with van der Waals surface area (Å²) in [6.07, 6.45) is 4.00. The zero-order valence-electron chi connectivity index (χ0n) is 24.1. The Bertz CT molecular complexity index is 1650. The first-order valence-electron chi connectivity index (χ1n) is 14.3. The lowest BCUT2D eigenvalue weighted by atomic mass is 10.0. The molecule has 1 atom stereocenters. The summed E-state index contributed by atoms with van der Waals surface area (Å²) in [5.41, 5.74) is 7.11. The highest BCUT2D eigenvalue weighted by atomic mass is 32.2. The largest absolute Gasteiger partial charge is 0.496 e. The number of para-hydroxylation sites is 1. The maximum absolute atomic E-state index is 13.5. The van der Waals surface area contributed by atoms with Crippen LogP contribution < -0.4 is 10.5 Å². The maximum atomic E-state index is 13.5. The number of methoxy groups -OCH3 is 1. The molecule has 3 N–H and O–H groups in total. The molecule has 10 nitrogen and oxygen atoms in total. The lowest BCUT2D eigenvalue weighted by molar-refractivity contribution is -0.0791. The van der Waals surface area contributed by atoms with Crippen LogP contribution in [0.2, 0.25) is 0 Å². The van der Waals surface area contributed by atoms with Crippen molar-refractivity contribution in [1.29, 1.82) is 5.41 Å². The molecule has 1 aliphatic heterocycles. The van der Waals surface area contributed by atoms with Gasteiger partial charge in [-0.15, -0.1) is 0 Å². The predicted molar refractivity (Wildman–Crippen MR) is 164 cm³/mol. The summed E-state index contributed by atoms with van der Waals surface area (Å²) in [5.74, 6) is -0.789. The normalized spacial score (nSPS) is 14.7. The molecule has 0 aliphatic carbocycles. The molecule has 0 saturated carbocycles. The van der Waals surface area contributed by atoms with Crippen LogP contribution in [0.1, 0.15) is 53.4 Å². The summed E-state index contributed by atoms with van der Waals surface area (Å²) in [5, 5.41) is 10.1. The molecule has 1 fully saturated rings. The first-order chi connectivity index (χ1) is 20.8. The number of likely N-dealkylation sites (tertiary alicyclic amines) is 1. The van der Waals surface area contributed by atoms with Crippen molar-refractivity contribution in [3.05, 3.63) is 95.7 Å². The average molecular weight is 605 g/mol. The van der Waals surface area contributed by atoms with Crippen molar-refractivity contribution in [3.8, 4) is 5.75 Å². The van der Waals surface area contributed by atoms with Crippen LogP contribution in [0.15, 0.2) is 88.2 Å². The Kier molecular flexibility index (Phi) is 9.32. The second-order valence-corrected chi connectivity index (χ2v) is 12.6. The highest BCUT2D eigenvalue weighted by molar-refractivity contribution is 7.91. The topological polar surface area (TPSA) is 139 Å². The van der Waals surface area contributed by atoms with Gasteiger partial charge in [0.1, 0.15) is 17.1 Å². The number of hydrogen-bond donors (Lipinski definition) is 2. The van der Waals surface area contributed by atoms with Gasteiger partial charge in [0.25, 0.3) is 0 Å². The highest BCUT2D eigenvalue weighted by Gasteiger charge is 2.34. The van der Waals surface area contributed by atoms with E-state index < -0.39 is 27.8 Å². The first kappa shape index (κ1) is 30.1. The van der Waals surface area contributed by atoms with Crippen LogP contribution in [0, 0.1) is 5.41 Å². The van der Waals surface area contributed by atoms with Crippen LogP contribution in [0.25, 0.3) is 11.0 Å². The van der Waals surface area contributed by atoms with Crippen LogP contribution >= 0.6 is 0 Å². The number of nitrogens with one attached hydrogen (secondary N) is 1. The van der Waals surface area contributed by atoms with E-state index in [1.54, 1.807) is 48.5 Å². The number of guanidine groups is 1. The Morgan fingerprint density at radius 1 is 1.02 bits per heavy atom. The van der Waals surface area contributed by atoms with Crippen molar-refractivity contribution in [2.75, 3.05) is 32.5 Å². The molecule has 2 heterocycles. The fourth-order valence-corrected chi connectivity index (χ4v) is 6.71. The molecule has 3 aromatic carbocycles. The van der Waals surface area contributed by atoms with E-state index in [4.69, 9.17) is 25.1 Å². The van der Waals surface area contributed by atoms with Gasteiger partial charge in [0, 0.05) is 10.9 Å². The zero-order valence-corrected chi connectivity index (χ0v) is 24.9. The standard InChI is InChI=1S/C32H36N4O6S/c1-40-28-16-15-25(43(38,39)20-10-19-35-17-8-3-9-18-35)22-26(28)30(29-21-24-13-6-7-14-27(24)41-29)36(32(33)34)42-31(37)23-11-4-2-5-12-23/h2,4-7,11-16,21-22,30H,3,8-10,17-20H2,1H3,(H3,33,34). The second-order valence-electron chi connectivity index (χ2n) is 10.5. The van der Waals surface area contributed by atoms with Crippen molar-refractivity contribution < 1.29 is 27.2 Å². The minimum Gasteiger partial charge on any atom is -0.496 e. The van der Waals surface area contributed by atoms with Gasteiger partial charge in [0.05, 0.1) is 23.3 Å². The average Bonchev–Trinajstić information content (AvgIpc) is 3.45. The third kappa shape index (κ3) is 7.00. The van der Waals surface area contributed by atoms with Gasteiger partial charge in [0.15, 0.2) is 15.9 Å². The number of piperidine rings is 1. The molecular weight excluding hydrogens is 568 g/mol. The van der Waals surface area contributed by atoms with Gasteiger partial charge in [-0.2, -0.15) is 5.06 Å². The van der Waals surface area contributed by atoms with Crippen LogP contribution in [0.4, 0.5) is 0 Å². The van der Waals surface area contributed by atoms with Gasteiger partial charge < -0.3 is 24.6 Å². The van der Waals surface area contributed by atoms with Crippen molar-refractivity contribution in [2.24, 2.45) is 5.73 Å². The second kappa shape index (κ2) is 13.3. The molecule has 43 heavy (non-hydrogen) atoms. The van der Waals surface area contributed by atoms with Crippen molar-refractivity contribution in [3.63, 3.8) is 0 Å². The van der Waals surface area contributed by atoms with Gasteiger partial charge in [-0.05, 0) is 81.4 Å². The van der Waals surface area contributed by atoms with E-state index in [9.17, 15) is 13.2 Å². The van der Waals surface area contributed by atoms with Crippen molar-refractivity contribution in [1.82, 2.24) is 9.96 Å². The Morgan fingerprint density at radius 3 is 2.44 bits per heavy atom. The molecule has 0 amide bonds. The fraction of sp³-hybridized carbons (Fsp3) is 0.312. The van der Waals surface area contributed by atoms with E-state index in [-0.39, 0.29) is 22.0 Å². The van der Waals surface area contributed by atoms with E-state index in [2.05, 4.69) is 4.90 Å². The predicted octanol–water partition coefficient (Wildman–Crippen LogP) is 5.15. The third-order valence-electron chi connectivity index (χ3n) is 7.57. The minimum absolute atomic E-state index is 0.0238. The van der Waals surface area contributed by atoms with E-state index >= 15 is 0 Å². The molecule has 0 spiro atoms. The summed E-state index contributed by atoms with van der Waals surface area (Å²) in [4.78, 5) is 21.2. The number of furan rings is 1. The van der Waals surface area contributed by atoms with Gasteiger partial charge in [-0.25, -0.2) is 13.2 Å². The molecule has 226 valence electrons. The number of benzene rings is 3. The zero-order chi connectivity index (χ0) is 30.4. The number of sulfone groups is 1. The van der Waals surface area contributed by atoms with Crippen molar-refractivity contribution in [2.45, 2.75) is 36.6 Å². The molecule has 0 bridgehead atoms. The Morgan fingerprint density at radius 2 is 1.74 bits per heavy atom. The number of hydroxylamine groups is 2. The summed E-state index contributed by atoms with van der Waals surface area (Å²) >= 11 is 0. The molecule has 1 unspecified atom stereocenters. The number of carbonyl (C=O) groups excluding carboxylic acids is 1. The Labute approximate surface area is 251 Å². The Balaban J connectivity index is 1.54. The summed E-state index contributed by atoms with van der Waals surface area (Å²) in [6, 6.07) is 20.7. The number of hydrogen-bond acceptors (Lipinski definition) is 8. The smallest absolute Gasteiger partial charge is 0.363 e. The van der Waals surface area contributed by atoms with E-state index in [0.29, 0.717) is 23.3 Å². The van der Waals surface area contributed by atoms with Crippen LogP contribution in [-0.2, 0) is 14.7 Å².